The average molecular weight is 1180 g/mol. The van der Waals surface area contributed by atoms with Crippen molar-refractivity contribution >= 4 is 57.3 Å². The normalized spacial score (nSPS) is 13.3. The first kappa shape index (κ1) is 77.3. The molecule has 0 heterocycles. The Labute approximate surface area is 495 Å². The number of ether oxygens (including phenoxy) is 4. The van der Waals surface area contributed by atoms with E-state index in [2.05, 4.69) is 110 Å². The molecule has 0 aromatic rings. The van der Waals surface area contributed by atoms with Crippen LogP contribution in [0.4, 0.5) is 0 Å². The van der Waals surface area contributed by atoms with Crippen molar-refractivity contribution in [3.63, 3.8) is 0 Å². The molecule has 4 atom stereocenters. The maximum Gasteiger partial charge on any atom is 0.329 e. The second-order valence-electron chi connectivity index (χ2n) is 22.9. The van der Waals surface area contributed by atoms with Gasteiger partial charge in [0.05, 0.1) is 13.0 Å². The molecule has 0 aliphatic rings. The van der Waals surface area contributed by atoms with Crippen molar-refractivity contribution in [2.45, 2.75) is 206 Å². The molecule has 0 bridgehead atoms. The number of esters is 4. The third kappa shape index (κ3) is 48.8. The highest BCUT2D eigenvalue weighted by molar-refractivity contribution is 8.76. The van der Waals surface area contributed by atoms with Crippen LogP contribution in [0.1, 0.15) is 182 Å². The fraction of sp³-hybridized carbons (Fsp3) is 0.900. The van der Waals surface area contributed by atoms with E-state index in [0.717, 1.165) is 162 Å². The van der Waals surface area contributed by atoms with Crippen molar-refractivity contribution in [2.24, 2.45) is 0 Å². The maximum atomic E-state index is 14.0. The van der Waals surface area contributed by atoms with Crippen LogP contribution in [0.15, 0.2) is 0 Å². The van der Waals surface area contributed by atoms with E-state index in [4.69, 9.17) is 18.9 Å². The van der Waals surface area contributed by atoms with E-state index in [-0.39, 0.29) is 48.8 Å². The molecule has 0 aromatic heterocycles. The Morgan fingerprint density at radius 2 is 0.713 bits per heavy atom. The molecule has 0 aliphatic carbocycles. The number of carbonyl (C=O) groups excluding carboxylic acids is 6. The summed E-state index contributed by atoms with van der Waals surface area (Å²) in [6, 6.07) is -1.98. The number of nitrogens with one attached hydrogen (secondary N) is 2. The van der Waals surface area contributed by atoms with Crippen molar-refractivity contribution in [1.29, 1.82) is 0 Å². The molecule has 80 heavy (non-hydrogen) atoms. The molecule has 20 heteroatoms. The molecule has 470 valence electrons. The van der Waals surface area contributed by atoms with E-state index in [1.54, 1.807) is 0 Å². The number of hydrogen-bond donors (Lipinski definition) is 2. The molecule has 0 spiro atoms. The van der Waals surface area contributed by atoms with Gasteiger partial charge in [-0.25, -0.2) is 9.59 Å². The Morgan fingerprint density at radius 1 is 0.388 bits per heavy atom. The predicted octanol–water partition coefficient (Wildman–Crippen LogP) is 8.54. The van der Waals surface area contributed by atoms with Crippen molar-refractivity contribution in [1.82, 2.24) is 40.0 Å². The van der Waals surface area contributed by atoms with Crippen molar-refractivity contribution < 1.29 is 47.7 Å². The molecule has 0 radical (unpaired) electrons. The van der Waals surface area contributed by atoms with E-state index in [0.29, 0.717) is 39.0 Å². The molecule has 0 saturated heterocycles. The number of nitrogens with zero attached hydrogens (tertiary/aromatic N) is 6. The summed E-state index contributed by atoms with van der Waals surface area (Å²) >= 11 is 0. The van der Waals surface area contributed by atoms with Gasteiger partial charge in [-0.2, -0.15) is 0 Å². The van der Waals surface area contributed by atoms with Crippen LogP contribution in [-0.4, -0.2) is 236 Å². The standard InChI is InChI=1S/C60H118N8O10S2/c1-13-15-17-21-26-34-57(71)75-45-28-24-20-19-23-25-33-55(69)61-53(59(73)77-51(3)47-67(41-29-37-63(5)6)42-30-38-64(7)8)49-79-80-50-54(62-56(70)36-46-76-58(72)35-27-22-18-16-14-2)60(74)78-52(4)48-68(43-31-39-65(9)10)44-32-40-66(11)12/h51-54H,13-50H2,1-12H3,(H,61,69)(H,62,70)/t51?,52?,53-,54-/m0/s1. The fourth-order valence-electron chi connectivity index (χ4n) is 8.92. The number of amides is 2. The third-order valence-corrected chi connectivity index (χ3v) is 15.8. The summed E-state index contributed by atoms with van der Waals surface area (Å²) in [6.07, 6.45) is 19.6. The molecule has 0 aliphatic heterocycles. The zero-order valence-corrected chi connectivity index (χ0v) is 54.4. The fourth-order valence-corrected chi connectivity index (χ4v) is 11.2. The van der Waals surface area contributed by atoms with Crippen molar-refractivity contribution in [2.75, 3.05) is 147 Å². The molecule has 2 amide bonds. The summed E-state index contributed by atoms with van der Waals surface area (Å²) in [5, 5.41) is 5.82. The Kier molecular flexibility index (Phi) is 50.1. The van der Waals surface area contributed by atoms with Crippen molar-refractivity contribution in [3.05, 3.63) is 0 Å². The first-order valence-electron chi connectivity index (χ1n) is 30.8. The molecule has 0 rings (SSSR count). The zero-order valence-electron chi connectivity index (χ0n) is 52.8. The lowest BCUT2D eigenvalue weighted by atomic mass is 10.1. The number of unbranched alkanes of at least 4 members (excludes halogenated alkanes) is 13. The molecular formula is C60H118N8O10S2. The Hall–Kier alpha value is -2.72. The topological polar surface area (TPSA) is 183 Å². The first-order valence-corrected chi connectivity index (χ1v) is 33.3. The maximum absolute atomic E-state index is 14.0. The average Bonchev–Trinajstić information content (AvgIpc) is 3.37. The van der Waals surface area contributed by atoms with Gasteiger partial charge >= 0.3 is 23.9 Å². The van der Waals surface area contributed by atoms with Gasteiger partial charge in [-0.05, 0) is 174 Å². The predicted molar refractivity (Wildman–Crippen MR) is 331 cm³/mol. The lowest BCUT2D eigenvalue weighted by Gasteiger charge is -2.28. The van der Waals surface area contributed by atoms with Crippen LogP contribution in [0, 0.1) is 0 Å². The van der Waals surface area contributed by atoms with Gasteiger partial charge in [-0.3, -0.25) is 29.0 Å². The Balaban J connectivity index is 6.00. The minimum Gasteiger partial charge on any atom is -0.466 e. The number of hydrogen-bond acceptors (Lipinski definition) is 18. The molecule has 18 nitrogen and oxygen atoms in total. The molecule has 2 N–H and O–H groups in total. The Morgan fingerprint density at radius 3 is 1.09 bits per heavy atom. The molecular weight excluding hydrogens is 1060 g/mol. The van der Waals surface area contributed by atoms with Gasteiger partial charge in [0.2, 0.25) is 11.8 Å². The second-order valence-corrected chi connectivity index (χ2v) is 25.5. The minimum absolute atomic E-state index is 0.0988. The molecule has 2 unspecified atom stereocenters. The van der Waals surface area contributed by atoms with E-state index in [1.807, 2.05) is 13.8 Å². The van der Waals surface area contributed by atoms with Crippen LogP contribution in [0.3, 0.4) is 0 Å². The molecule has 0 saturated carbocycles. The van der Waals surface area contributed by atoms with Crippen LogP contribution >= 0.6 is 21.6 Å². The first-order chi connectivity index (χ1) is 38.2. The van der Waals surface area contributed by atoms with Crippen LogP contribution in [0.2, 0.25) is 0 Å². The summed E-state index contributed by atoms with van der Waals surface area (Å²) in [5.74, 6) is -1.95. The smallest absolute Gasteiger partial charge is 0.329 e. The summed E-state index contributed by atoms with van der Waals surface area (Å²) < 4.78 is 23.0. The Bertz CT molecular complexity index is 1560. The molecule has 0 aromatic carbocycles. The summed E-state index contributed by atoms with van der Waals surface area (Å²) in [5.41, 5.74) is 0. The highest BCUT2D eigenvalue weighted by atomic mass is 33.1. The van der Waals surface area contributed by atoms with Crippen LogP contribution < -0.4 is 10.6 Å². The lowest BCUT2D eigenvalue weighted by molar-refractivity contribution is -0.153. The monoisotopic (exact) mass is 1170 g/mol. The van der Waals surface area contributed by atoms with Gasteiger partial charge < -0.3 is 49.2 Å². The van der Waals surface area contributed by atoms with Crippen LogP contribution in [0.5, 0.6) is 0 Å². The van der Waals surface area contributed by atoms with Gasteiger partial charge in [0.15, 0.2) is 0 Å². The van der Waals surface area contributed by atoms with E-state index >= 15 is 0 Å². The summed E-state index contributed by atoms with van der Waals surface area (Å²) in [7, 11) is 19.1. The number of carbonyl (C=O) groups is 6. The van der Waals surface area contributed by atoms with Gasteiger partial charge in [0, 0.05) is 43.9 Å². The summed E-state index contributed by atoms with van der Waals surface area (Å²) in [6.45, 7) is 16.7. The van der Waals surface area contributed by atoms with Crippen LogP contribution in [-0.2, 0) is 47.7 Å². The largest absolute Gasteiger partial charge is 0.466 e. The number of rotatable bonds is 55. The van der Waals surface area contributed by atoms with E-state index in [9.17, 15) is 28.8 Å². The highest BCUT2D eigenvalue weighted by Gasteiger charge is 2.28. The third-order valence-electron chi connectivity index (χ3n) is 13.4. The second kappa shape index (κ2) is 51.9. The van der Waals surface area contributed by atoms with E-state index < -0.39 is 42.1 Å². The minimum atomic E-state index is -1.03. The van der Waals surface area contributed by atoms with Crippen LogP contribution in [0.25, 0.3) is 0 Å². The van der Waals surface area contributed by atoms with Crippen molar-refractivity contribution in [3.8, 4) is 0 Å². The van der Waals surface area contributed by atoms with E-state index in [1.165, 1.54) is 34.4 Å². The van der Waals surface area contributed by atoms with Gasteiger partial charge in [-0.1, -0.05) is 112 Å². The van der Waals surface area contributed by atoms with Gasteiger partial charge in [0.1, 0.15) is 30.9 Å². The SMILES string of the molecule is CCCCCCCC(=O)OCCCCCCCCC(=O)N[C@@H](CSSC[C@H](NC(=O)CCOC(=O)CCCCCCC)C(=O)OC(C)CN(CCCN(C)C)CCCN(C)C)C(=O)OC(C)CN(CCCN(C)C)CCCN(C)C. The quantitative estimate of drug-likeness (QED) is 0.0255. The van der Waals surface area contributed by atoms with Gasteiger partial charge in [-0.15, -0.1) is 0 Å². The lowest BCUT2D eigenvalue weighted by Crippen LogP contribution is -2.46. The zero-order chi connectivity index (χ0) is 59.8. The highest BCUT2D eigenvalue weighted by Crippen LogP contribution is 2.25. The summed E-state index contributed by atoms with van der Waals surface area (Å²) in [4.78, 5) is 92.7. The van der Waals surface area contributed by atoms with Gasteiger partial charge in [0.25, 0.3) is 0 Å². The molecule has 0 fully saturated rings.